The number of halogens is 2. The first-order chi connectivity index (χ1) is 11.8. The van der Waals surface area contributed by atoms with Crippen LogP contribution in [0.4, 0.5) is 4.39 Å². The molecule has 0 atom stereocenters. The first-order valence-electron chi connectivity index (χ1n) is 7.47. The maximum absolute atomic E-state index is 13.4. The summed E-state index contributed by atoms with van der Waals surface area (Å²) in [6.45, 7) is 1.51. The largest absolute Gasteiger partial charge is 0.294 e. The molecule has 0 amide bonds. The first kappa shape index (κ1) is 17.6. The van der Waals surface area contributed by atoms with Crippen molar-refractivity contribution in [2.75, 3.05) is 5.75 Å². The Morgan fingerprint density at radius 2 is 1.96 bits per heavy atom. The highest BCUT2D eigenvalue weighted by Gasteiger charge is 2.18. The Morgan fingerprint density at radius 1 is 1.20 bits per heavy atom. The van der Waals surface area contributed by atoms with Gasteiger partial charge in [0.1, 0.15) is 5.82 Å². The number of sulfone groups is 1. The second-order valence-corrected chi connectivity index (χ2v) is 8.18. The van der Waals surface area contributed by atoms with E-state index in [1.807, 2.05) is 0 Å². The summed E-state index contributed by atoms with van der Waals surface area (Å²) in [4.78, 5) is 16.8. The van der Waals surface area contributed by atoms with Gasteiger partial charge in [-0.3, -0.25) is 9.36 Å². The normalized spacial score (nSPS) is 11.8. The Balaban J connectivity index is 2.15. The zero-order chi connectivity index (χ0) is 18.2. The quantitative estimate of drug-likeness (QED) is 0.697. The van der Waals surface area contributed by atoms with Gasteiger partial charge in [-0.1, -0.05) is 18.5 Å². The molecule has 0 saturated carbocycles. The molecule has 0 aliphatic carbocycles. The average Bonchev–Trinajstić information content (AvgIpc) is 2.58. The molecule has 1 aromatic heterocycles. The molecule has 0 fully saturated rings. The summed E-state index contributed by atoms with van der Waals surface area (Å²) in [5, 5.41) is 0.488. The molecule has 3 aromatic rings. The van der Waals surface area contributed by atoms with Crippen molar-refractivity contribution in [2.45, 2.75) is 18.4 Å². The minimum atomic E-state index is -3.48. The topological polar surface area (TPSA) is 69.0 Å². The maximum Gasteiger partial charge on any atom is 0.261 e. The van der Waals surface area contributed by atoms with Crippen LogP contribution in [-0.2, 0) is 16.4 Å². The van der Waals surface area contributed by atoms with Crippen molar-refractivity contribution >= 4 is 32.3 Å². The fraction of sp³-hybridized carbons (Fsp3) is 0.176. The monoisotopic (exact) mass is 380 g/mol. The predicted octanol–water partition coefficient (Wildman–Crippen LogP) is 3.03. The van der Waals surface area contributed by atoms with Gasteiger partial charge in [0.25, 0.3) is 5.56 Å². The van der Waals surface area contributed by atoms with Crippen molar-refractivity contribution in [3.63, 3.8) is 0 Å². The van der Waals surface area contributed by atoms with Crippen LogP contribution in [0.15, 0.2) is 52.4 Å². The third kappa shape index (κ3) is 3.43. The van der Waals surface area contributed by atoms with Gasteiger partial charge >= 0.3 is 0 Å². The zero-order valence-electron chi connectivity index (χ0n) is 13.2. The van der Waals surface area contributed by atoms with Gasteiger partial charge < -0.3 is 0 Å². The molecule has 0 spiro atoms. The molecular formula is C17H14ClFN2O3S. The van der Waals surface area contributed by atoms with Crippen LogP contribution in [0.2, 0.25) is 5.02 Å². The Kier molecular flexibility index (Phi) is 4.62. The van der Waals surface area contributed by atoms with Gasteiger partial charge in [0, 0.05) is 5.02 Å². The van der Waals surface area contributed by atoms with E-state index in [4.69, 9.17) is 11.6 Å². The molecule has 0 aliphatic rings. The van der Waals surface area contributed by atoms with E-state index < -0.39 is 21.2 Å². The van der Waals surface area contributed by atoms with E-state index in [-0.39, 0.29) is 22.6 Å². The van der Waals surface area contributed by atoms with Crippen LogP contribution in [0.25, 0.3) is 10.9 Å². The summed E-state index contributed by atoms with van der Waals surface area (Å²) >= 11 is 5.98. The van der Waals surface area contributed by atoms with E-state index in [9.17, 15) is 17.6 Å². The molecule has 0 saturated heterocycles. The predicted molar refractivity (Wildman–Crippen MR) is 94.2 cm³/mol. The minimum absolute atomic E-state index is 0.0343. The highest BCUT2D eigenvalue weighted by molar-refractivity contribution is 7.91. The molecule has 130 valence electrons. The summed E-state index contributed by atoms with van der Waals surface area (Å²) in [6, 6.07) is 8.18. The van der Waals surface area contributed by atoms with E-state index in [0.717, 1.165) is 6.07 Å². The lowest BCUT2D eigenvalue weighted by molar-refractivity contribution is 0.595. The standard InChI is InChI=1S/C17H14ClFN2O3S/c1-2-25(23,24)16-6-3-12(18)7-11(16)9-21-10-20-15-5-4-13(19)8-14(15)17(21)22/h3-8,10H,2,9H2,1H3. The summed E-state index contributed by atoms with van der Waals surface area (Å²) in [5.74, 6) is -0.612. The maximum atomic E-state index is 13.4. The van der Waals surface area contributed by atoms with E-state index in [1.54, 1.807) is 6.92 Å². The molecule has 3 rings (SSSR count). The second-order valence-electron chi connectivity index (χ2n) is 5.49. The molecule has 2 aromatic carbocycles. The summed E-state index contributed by atoms with van der Waals surface area (Å²) in [6.07, 6.45) is 1.31. The van der Waals surface area contributed by atoms with Crippen LogP contribution >= 0.6 is 11.6 Å². The van der Waals surface area contributed by atoms with Gasteiger partial charge in [-0.25, -0.2) is 17.8 Å². The summed E-state index contributed by atoms with van der Waals surface area (Å²) in [5.41, 5.74) is 0.300. The Hall–Kier alpha value is -2.25. The third-order valence-corrected chi connectivity index (χ3v) is 5.93. The molecule has 0 bridgehead atoms. The Bertz CT molecular complexity index is 1130. The van der Waals surface area contributed by atoms with E-state index in [1.165, 1.54) is 41.2 Å². The van der Waals surface area contributed by atoms with Crippen molar-refractivity contribution < 1.29 is 12.8 Å². The van der Waals surface area contributed by atoms with Gasteiger partial charge in [-0.2, -0.15) is 0 Å². The van der Waals surface area contributed by atoms with Crippen LogP contribution in [0.1, 0.15) is 12.5 Å². The van der Waals surface area contributed by atoms with Crippen molar-refractivity contribution in [1.29, 1.82) is 0 Å². The second kappa shape index (κ2) is 6.57. The number of fused-ring (bicyclic) bond motifs is 1. The highest BCUT2D eigenvalue weighted by atomic mass is 35.5. The lowest BCUT2D eigenvalue weighted by atomic mass is 10.2. The number of rotatable bonds is 4. The van der Waals surface area contributed by atoms with Crippen LogP contribution in [0.3, 0.4) is 0 Å². The SMILES string of the molecule is CCS(=O)(=O)c1ccc(Cl)cc1Cn1cnc2ccc(F)cc2c1=O. The third-order valence-electron chi connectivity index (χ3n) is 3.86. The van der Waals surface area contributed by atoms with Gasteiger partial charge in [0.15, 0.2) is 9.84 Å². The van der Waals surface area contributed by atoms with Crippen LogP contribution < -0.4 is 5.56 Å². The molecule has 0 unspecified atom stereocenters. The molecule has 25 heavy (non-hydrogen) atoms. The smallest absolute Gasteiger partial charge is 0.261 e. The van der Waals surface area contributed by atoms with Crippen molar-refractivity contribution in [2.24, 2.45) is 0 Å². The lowest BCUT2D eigenvalue weighted by Crippen LogP contribution is -2.22. The minimum Gasteiger partial charge on any atom is -0.294 e. The summed E-state index contributed by atoms with van der Waals surface area (Å²) in [7, 11) is -3.48. The highest BCUT2D eigenvalue weighted by Crippen LogP contribution is 2.22. The van der Waals surface area contributed by atoms with Crippen LogP contribution in [0, 0.1) is 5.82 Å². The van der Waals surface area contributed by atoms with Crippen molar-refractivity contribution in [1.82, 2.24) is 9.55 Å². The molecule has 0 aliphatic heterocycles. The fourth-order valence-electron chi connectivity index (χ4n) is 2.56. The van der Waals surface area contributed by atoms with Crippen LogP contribution in [0.5, 0.6) is 0 Å². The lowest BCUT2D eigenvalue weighted by Gasteiger charge is -2.12. The van der Waals surface area contributed by atoms with Crippen molar-refractivity contribution in [3.05, 3.63) is 69.5 Å². The van der Waals surface area contributed by atoms with Gasteiger partial charge in [-0.05, 0) is 42.0 Å². The molecule has 5 nitrogen and oxygen atoms in total. The Labute approximate surface area is 148 Å². The van der Waals surface area contributed by atoms with E-state index >= 15 is 0 Å². The van der Waals surface area contributed by atoms with Crippen LogP contribution in [-0.4, -0.2) is 23.7 Å². The number of benzene rings is 2. The van der Waals surface area contributed by atoms with Crippen molar-refractivity contribution in [3.8, 4) is 0 Å². The number of hydrogen-bond acceptors (Lipinski definition) is 4. The van der Waals surface area contributed by atoms with Gasteiger partial charge in [0.05, 0.1) is 34.4 Å². The Morgan fingerprint density at radius 3 is 2.68 bits per heavy atom. The number of hydrogen-bond donors (Lipinski definition) is 0. The average molecular weight is 381 g/mol. The molecule has 1 heterocycles. The van der Waals surface area contributed by atoms with E-state index in [0.29, 0.717) is 16.1 Å². The molecule has 0 N–H and O–H groups in total. The first-order valence-corrected chi connectivity index (χ1v) is 9.51. The number of aromatic nitrogens is 2. The van der Waals surface area contributed by atoms with Gasteiger partial charge in [-0.15, -0.1) is 0 Å². The zero-order valence-corrected chi connectivity index (χ0v) is 14.8. The molecule has 0 radical (unpaired) electrons. The van der Waals surface area contributed by atoms with E-state index in [2.05, 4.69) is 4.98 Å². The number of nitrogens with zero attached hydrogens (tertiary/aromatic N) is 2. The van der Waals surface area contributed by atoms with Gasteiger partial charge in [0.2, 0.25) is 0 Å². The fourth-order valence-corrected chi connectivity index (χ4v) is 3.86. The summed E-state index contributed by atoms with van der Waals surface area (Å²) < 4.78 is 39.2. The molecule has 8 heteroatoms. The molecular weight excluding hydrogens is 367 g/mol.